The Morgan fingerprint density at radius 3 is 2.64 bits per heavy atom. The first-order valence-electron chi connectivity index (χ1n) is 4.04. The van der Waals surface area contributed by atoms with Gasteiger partial charge in [-0.1, -0.05) is 0 Å². The van der Waals surface area contributed by atoms with Crippen molar-refractivity contribution in [3.8, 4) is 0 Å². The molecule has 1 aromatic rings. The molecule has 1 heterocycles. The maximum absolute atomic E-state index is 11.3. The molecule has 6 heteroatoms. The number of carboxylic acids is 1. The van der Waals surface area contributed by atoms with E-state index in [2.05, 4.69) is 9.97 Å². The lowest BCUT2D eigenvalue weighted by Crippen LogP contribution is -2.17. The van der Waals surface area contributed by atoms with Crippen LogP contribution in [0, 0.1) is 11.7 Å². The lowest BCUT2D eigenvalue weighted by Gasteiger charge is -2.01. The molecule has 0 aromatic carbocycles. The Labute approximate surface area is 84.8 Å². The topological polar surface area (TPSA) is 86.0 Å². The average Bonchev–Trinajstić information content (AvgIpc) is 2.01. The highest BCUT2D eigenvalue weighted by Crippen LogP contribution is 2.01. The molecule has 1 aromatic heterocycles. The van der Waals surface area contributed by atoms with Gasteiger partial charge in [0.15, 0.2) is 4.77 Å². The quantitative estimate of drug-likeness (QED) is 0.648. The minimum absolute atomic E-state index is 0.0610. The number of carboxylic acid groups (broad SMARTS) is 1. The van der Waals surface area contributed by atoms with Gasteiger partial charge in [-0.25, -0.2) is 0 Å². The molecule has 0 aliphatic rings. The smallest absolute Gasteiger partial charge is 0.303 e. The average molecular weight is 214 g/mol. The number of hydrogen-bond acceptors (Lipinski definition) is 3. The second-order valence-corrected chi connectivity index (χ2v) is 3.31. The van der Waals surface area contributed by atoms with Crippen LogP contribution in [0.4, 0.5) is 0 Å². The highest BCUT2D eigenvalue weighted by atomic mass is 32.1. The third-order valence-corrected chi connectivity index (χ3v) is 2.05. The summed E-state index contributed by atoms with van der Waals surface area (Å²) in [5, 5.41) is 8.47. The maximum atomic E-state index is 11.3. The maximum Gasteiger partial charge on any atom is 0.303 e. The van der Waals surface area contributed by atoms with E-state index in [-0.39, 0.29) is 23.2 Å². The zero-order chi connectivity index (χ0) is 10.7. The molecule has 0 aliphatic carbocycles. The summed E-state index contributed by atoms with van der Waals surface area (Å²) in [4.78, 5) is 26.8. The van der Waals surface area contributed by atoms with Gasteiger partial charge in [-0.05, 0) is 25.6 Å². The largest absolute Gasteiger partial charge is 0.481 e. The zero-order valence-electron chi connectivity index (χ0n) is 7.59. The fourth-order valence-corrected chi connectivity index (χ4v) is 1.40. The molecule has 0 fully saturated rings. The predicted octanol–water partition coefficient (Wildman–Crippen LogP) is 0.758. The molecule has 0 amide bonds. The Bertz CT molecular complexity index is 460. The summed E-state index contributed by atoms with van der Waals surface area (Å²) in [6.07, 6.45) is 0.150. The van der Waals surface area contributed by atoms with Crippen molar-refractivity contribution in [3.05, 3.63) is 26.4 Å². The van der Waals surface area contributed by atoms with Gasteiger partial charge in [-0.2, -0.15) is 0 Å². The summed E-state index contributed by atoms with van der Waals surface area (Å²) < 4.78 is 0.256. The van der Waals surface area contributed by atoms with Crippen molar-refractivity contribution >= 4 is 18.2 Å². The van der Waals surface area contributed by atoms with Crippen LogP contribution in [0.25, 0.3) is 0 Å². The molecule has 0 saturated heterocycles. The monoisotopic (exact) mass is 214 g/mol. The Morgan fingerprint density at radius 1 is 1.50 bits per heavy atom. The van der Waals surface area contributed by atoms with Gasteiger partial charge in [-0.15, -0.1) is 0 Å². The highest BCUT2D eigenvalue weighted by molar-refractivity contribution is 7.71. The van der Waals surface area contributed by atoms with Crippen LogP contribution in [-0.2, 0) is 11.2 Å². The summed E-state index contributed by atoms with van der Waals surface area (Å²) in [6.45, 7) is 1.70. The zero-order valence-corrected chi connectivity index (χ0v) is 8.40. The molecule has 76 valence electrons. The van der Waals surface area contributed by atoms with Gasteiger partial charge in [0.2, 0.25) is 0 Å². The van der Waals surface area contributed by atoms with Gasteiger partial charge in [0, 0.05) is 17.7 Å². The van der Waals surface area contributed by atoms with Gasteiger partial charge in [0.05, 0.1) is 0 Å². The SMILES string of the molecule is Cc1[nH]c(=S)[nH]c(=O)c1CCC(=O)O. The molecule has 1 rings (SSSR count). The van der Waals surface area contributed by atoms with Crippen molar-refractivity contribution in [3.63, 3.8) is 0 Å². The van der Waals surface area contributed by atoms with Crippen molar-refractivity contribution in [1.29, 1.82) is 0 Å². The normalized spacial score (nSPS) is 10.1. The standard InChI is InChI=1S/C8H10N2O3S/c1-4-5(2-3-6(11)12)7(13)10-8(14)9-4/h2-3H2,1H3,(H,11,12)(H2,9,10,13,14). The van der Waals surface area contributed by atoms with Gasteiger partial charge < -0.3 is 10.1 Å². The predicted molar refractivity (Wildman–Crippen MR) is 52.9 cm³/mol. The van der Waals surface area contributed by atoms with E-state index in [9.17, 15) is 9.59 Å². The molecule has 0 radical (unpaired) electrons. The summed E-state index contributed by atoms with van der Waals surface area (Å²) >= 11 is 4.75. The van der Waals surface area contributed by atoms with Crippen LogP contribution in [0.3, 0.4) is 0 Å². The Kier molecular flexibility index (Phi) is 3.19. The second-order valence-electron chi connectivity index (χ2n) is 2.91. The Balaban J connectivity index is 3.03. The number of nitrogens with one attached hydrogen (secondary N) is 2. The minimum atomic E-state index is -0.925. The number of aromatic amines is 2. The van der Waals surface area contributed by atoms with Gasteiger partial charge in [0.25, 0.3) is 5.56 Å². The van der Waals surface area contributed by atoms with Crippen molar-refractivity contribution in [2.75, 3.05) is 0 Å². The molecule has 0 atom stereocenters. The molecular weight excluding hydrogens is 204 g/mol. The van der Waals surface area contributed by atoms with Crippen LogP contribution in [0.1, 0.15) is 17.7 Å². The summed E-state index contributed by atoms with van der Waals surface area (Å²) in [5.41, 5.74) is 0.758. The Morgan fingerprint density at radius 2 is 2.14 bits per heavy atom. The van der Waals surface area contributed by atoms with Gasteiger partial charge in [0.1, 0.15) is 0 Å². The van der Waals surface area contributed by atoms with Crippen LogP contribution in [0.5, 0.6) is 0 Å². The lowest BCUT2D eigenvalue weighted by atomic mass is 10.1. The van der Waals surface area contributed by atoms with Crippen LogP contribution < -0.4 is 5.56 Å². The van der Waals surface area contributed by atoms with E-state index in [1.807, 2.05) is 0 Å². The first-order chi connectivity index (χ1) is 6.50. The van der Waals surface area contributed by atoms with E-state index in [1.54, 1.807) is 6.92 Å². The van der Waals surface area contributed by atoms with E-state index in [0.717, 1.165) is 0 Å². The van der Waals surface area contributed by atoms with E-state index < -0.39 is 5.97 Å². The molecule has 0 bridgehead atoms. The van der Waals surface area contributed by atoms with Crippen molar-refractivity contribution in [1.82, 2.24) is 9.97 Å². The summed E-state index contributed by atoms with van der Waals surface area (Å²) in [6, 6.07) is 0. The number of aromatic nitrogens is 2. The molecular formula is C8H10N2O3S. The van der Waals surface area contributed by atoms with E-state index >= 15 is 0 Å². The molecule has 0 saturated carbocycles. The van der Waals surface area contributed by atoms with Crippen molar-refractivity contribution in [2.45, 2.75) is 19.8 Å². The van der Waals surface area contributed by atoms with Crippen LogP contribution in [-0.4, -0.2) is 21.0 Å². The molecule has 14 heavy (non-hydrogen) atoms. The molecule has 0 aliphatic heterocycles. The number of rotatable bonds is 3. The van der Waals surface area contributed by atoms with Crippen LogP contribution in [0.2, 0.25) is 0 Å². The second kappa shape index (κ2) is 4.19. The number of hydrogen-bond donors (Lipinski definition) is 3. The lowest BCUT2D eigenvalue weighted by molar-refractivity contribution is -0.136. The fourth-order valence-electron chi connectivity index (χ4n) is 1.16. The van der Waals surface area contributed by atoms with E-state index in [1.165, 1.54) is 0 Å². The molecule has 0 unspecified atom stereocenters. The Hall–Kier alpha value is -1.43. The summed E-state index contributed by atoms with van der Waals surface area (Å²) in [5.74, 6) is -0.925. The number of carbonyl (C=O) groups is 1. The molecule has 3 N–H and O–H groups in total. The number of H-pyrrole nitrogens is 2. The fraction of sp³-hybridized carbons (Fsp3) is 0.375. The minimum Gasteiger partial charge on any atom is -0.481 e. The highest BCUT2D eigenvalue weighted by Gasteiger charge is 2.06. The van der Waals surface area contributed by atoms with Crippen molar-refractivity contribution < 1.29 is 9.90 Å². The first kappa shape index (κ1) is 10.6. The summed E-state index contributed by atoms with van der Waals surface area (Å²) in [7, 11) is 0. The first-order valence-corrected chi connectivity index (χ1v) is 4.45. The van der Waals surface area contributed by atoms with Crippen LogP contribution >= 0.6 is 12.2 Å². The number of aryl methyl sites for hydroxylation is 1. The van der Waals surface area contributed by atoms with E-state index in [4.69, 9.17) is 17.3 Å². The van der Waals surface area contributed by atoms with Crippen molar-refractivity contribution in [2.24, 2.45) is 0 Å². The van der Waals surface area contributed by atoms with Gasteiger partial charge in [-0.3, -0.25) is 14.6 Å². The van der Waals surface area contributed by atoms with E-state index in [0.29, 0.717) is 11.3 Å². The van der Waals surface area contributed by atoms with Gasteiger partial charge >= 0.3 is 5.97 Å². The molecule has 5 nitrogen and oxygen atoms in total. The third-order valence-electron chi connectivity index (χ3n) is 1.84. The van der Waals surface area contributed by atoms with Crippen LogP contribution in [0.15, 0.2) is 4.79 Å². The third kappa shape index (κ3) is 2.53. The number of aliphatic carboxylic acids is 1. The molecule has 0 spiro atoms.